The van der Waals surface area contributed by atoms with Gasteiger partial charge in [0.2, 0.25) is 0 Å². The third-order valence-corrected chi connectivity index (χ3v) is 7.21. The highest BCUT2D eigenvalue weighted by Gasteiger charge is 2.23. The number of nitrogens with zero attached hydrogens (tertiary/aromatic N) is 1. The number of benzene rings is 1. The quantitative estimate of drug-likeness (QED) is 0.436. The molecule has 0 N–H and O–H groups in total. The number of rotatable bonds is 5. The third-order valence-electron chi connectivity index (χ3n) is 3.03. The monoisotopic (exact) mass is 339 g/mol. The van der Waals surface area contributed by atoms with Crippen LogP contribution < -0.4 is 0 Å². The molecule has 1 saturated heterocycles. The van der Waals surface area contributed by atoms with E-state index < -0.39 is 0 Å². The van der Waals surface area contributed by atoms with Gasteiger partial charge < -0.3 is 4.42 Å². The number of furan rings is 1. The largest absolute Gasteiger partial charge is 0.468 e. The molecule has 2 aromatic rings. The van der Waals surface area contributed by atoms with Crippen LogP contribution in [0.5, 0.6) is 0 Å². The lowest BCUT2D eigenvalue weighted by molar-refractivity contribution is -0.385. The van der Waals surface area contributed by atoms with Crippen LogP contribution in [0.4, 0.5) is 5.69 Å². The molecule has 2 heterocycles. The van der Waals surface area contributed by atoms with E-state index in [1.165, 1.54) is 0 Å². The predicted molar refractivity (Wildman–Crippen MR) is 89.0 cm³/mol. The van der Waals surface area contributed by atoms with Crippen molar-refractivity contribution < 1.29 is 9.34 Å². The van der Waals surface area contributed by atoms with Gasteiger partial charge in [0.25, 0.3) is 5.69 Å². The molecule has 0 bridgehead atoms. The maximum absolute atomic E-state index is 11.0. The second kappa shape index (κ2) is 6.81. The molecule has 0 spiro atoms. The molecule has 110 valence electrons. The maximum atomic E-state index is 11.0. The Morgan fingerprint density at radius 3 is 2.81 bits per heavy atom. The zero-order valence-corrected chi connectivity index (χ0v) is 13.5. The van der Waals surface area contributed by atoms with E-state index in [2.05, 4.69) is 0 Å². The molecule has 1 aliphatic rings. The Balaban J connectivity index is 1.85. The molecule has 0 amide bonds. The molecular formula is C14H13NO3S3. The first kappa shape index (κ1) is 14.9. The van der Waals surface area contributed by atoms with E-state index in [1.54, 1.807) is 30.2 Å². The minimum absolute atomic E-state index is 0.167. The number of nitro groups is 1. The van der Waals surface area contributed by atoms with Crippen molar-refractivity contribution in [3.05, 3.63) is 58.0 Å². The lowest BCUT2D eigenvalue weighted by Gasteiger charge is -2.13. The Hall–Kier alpha value is -1.05. The van der Waals surface area contributed by atoms with Gasteiger partial charge in [0.05, 0.1) is 21.5 Å². The first-order valence-electron chi connectivity index (χ1n) is 6.41. The highest BCUT2D eigenvalue weighted by atomic mass is 32.2. The summed E-state index contributed by atoms with van der Waals surface area (Å²) >= 11 is 5.38. The van der Waals surface area contributed by atoms with E-state index >= 15 is 0 Å². The zero-order chi connectivity index (χ0) is 14.7. The van der Waals surface area contributed by atoms with Crippen molar-refractivity contribution in [1.82, 2.24) is 0 Å². The molecule has 0 aliphatic carbocycles. The van der Waals surface area contributed by atoms with Gasteiger partial charge in [0.1, 0.15) is 5.76 Å². The van der Waals surface area contributed by atoms with E-state index in [0.717, 1.165) is 33.5 Å². The first-order valence-corrected chi connectivity index (χ1v) is 9.49. The molecule has 0 atom stereocenters. The van der Waals surface area contributed by atoms with Crippen LogP contribution in [-0.4, -0.2) is 16.4 Å². The fraction of sp³-hybridized carbons (Fsp3) is 0.286. The molecule has 1 aromatic heterocycles. The van der Waals surface area contributed by atoms with Crippen molar-refractivity contribution in [2.24, 2.45) is 0 Å². The second-order valence-corrected chi connectivity index (χ2v) is 8.16. The van der Waals surface area contributed by atoms with Gasteiger partial charge >= 0.3 is 0 Å². The molecule has 1 fully saturated rings. The third kappa shape index (κ3) is 3.59. The van der Waals surface area contributed by atoms with Gasteiger partial charge in [-0.05, 0) is 23.8 Å². The van der Waals surface area contributed by atoms with E-state index in [9.17, 15) is 10.1 Å². The van der Waals surface area contributed by atoms with Crippen LogP contribution in [0.1, 0.15) is 15.9 Å². The van der Waals surface area contributed by atoms with Gasteiger partial charge in [-0.25, -0.2) is 0 Å². The summed E-state index contributed by atoms with van der Waals surface area (Å²) < 4.78 is 5.64. The smallest absolute Gasteiger partial charge is 0.269 e. The van der Waals surface area contributed by atoms with Gasteiger partial charge in [0.15, 0.2) is 0 Å². The molecule has 21 heavy (non-hydrogen) atoms. The van der Waals surface area contributed by atoms with Crippen molar-refractivity contribution in [3.63, 3.8) is 0 Å². The molecule has 4 nitrogen and oxygen atoms in total. The molecule has 3 rings (SSSR count). The van der Waals surface area contributed by atoms with E-state index in [4.69, 9.17) is 4.42 Å². The van der Waals surface area contributed by atoms with E-state index in [0.29, 0.717) is 4.58 Å². The van der Waals surface area contributed by atoms with E-state index in [1.807, 2.05) is 41.7 Å². The summed E-state index contributed by atoms with van der Waals surface area (Å²) in [6.45, 7) is 0. The summed E-state index contributed by atoms with van der Waals surface area (Å²) in [6.07, 6.45) is 1.66. The topological polar surface area (TPSA) is 56.3 Å². The van der Waals surface area contributed by atoms with Crippen molar-refractivity contribution >= 4 is 41.0 Å². The molecule has 0 unspecified atom stereocenters. The van der Waals surface area contributed by atoms with Gasteiger partial charge in [-0.3, -0.25) is 10.1 Å². The Bertz CT molecular complexity index is 624. The first-order chi connectivity index (χ1) is 10.2. The molecule has 0 radical (unpaired) electrons. The molecule has 7 heteroatoms. The Morgan fingerprint density at radius 1 is 1.33 bits per heavy atom. The number of non-ortho nitro benzene ring substituents is 1. The van der Waals surface area contributed by atoms with Crippen LogP contribution in [0.25, 0.3) is 0 Å². The minimum atomic E-state index is -0.325. The number of nitro benzene ring substituents is 1. The van der Waals surface area contributed by atoms with Gasteiger partial charge in [0, 0.05) is 28.5 Å². The van der Waals surface area contributed by atoms with Crippen molar-refractivity contribution in [1.29, 1.82) is 0 Å². The normalized spacial score (nSPS) is 15.4. The number of hydrogen-bond acceptors (Lipinski definition) is 6. The average Bonchev–Trinajstić information content (AvgIpc) is 3.18. The molecule has 1 aromatic carbocycles. The van der Waals surface area contributed by atoms with Crippen LogP contribution in [0, 0.1) is 10.1 Å². The predicted octanol–water partition coefficient (Wildman–Crippen LogP) is 4.96. The Labute approximate surface area is 135 Å². The number of thioether (sulfide) groups is 3. The molecule has 1 aliphatic heterocycles. The van der Waals surface area contributed by atoms with Crippen LogP contribution in [-0.2, 0) is 5.75 Å². The SMILES string of the molecule is O=[N+]([O-])c1ccc(SCc2ccco2)c(C2SCCS2)c1. The second-order valence-electron chi connectivity index (χ2n) is 4.42. The minimum Gasteiger partial charge on any atom is -0.468 e. The average molecular weight is 339 g/mol. The fourth-order valence-corrected chi connectivity index (χ4v) is 6.07. The molecule has 0 saturated carbocycles. The highest BCUT2D eigenvalue weighted by molar-refractivity contribution is 8.19. The summed E-state index contributed by atoms with van der Waals surface area (Å²) in [4.78, 5) is 11.8. The summed E-state index contributed by atoms with van der Waals surface area (Å²) in [5.74, 6) is 3.84. The van der Waals surface area contributed by atoms with Crippen molar-refractivity contribution in [2.75, 3.05) is 11.5 Å². The zero-order valence-electron chi connectivity index (χ0n) is 11.1. The van der Waals surface area contributed by atoms with Crippen molar-refractivity contribution in [3.8, 4) is 0 Å². The summed E-state index contributed by atoms with van der Waals surface area (Å²) in [6, 6.07) is 8.98. The Morgan fingerprint density at radius 2 is 2.14 bits per heavy atom. The van der Waals surface area contributed by atoms with E-state index in [-0.39, 0.29) is 10.6 Å². The maximum Gasteiger partial charge on any atom is 0.269 e. The van der Waals surface area contributed by atoms with Crippen LogP contribution >= 0.6 is 35.3 Å². The van der Waals surface area contributed by atoms with Crippen LogP contribution in [0.3, 0.4) is 0 Å². The van der Waals surface area contributed by atoms with Gasteiger partial charge in [-0.15, -0.1) is 35.3 Å². The number of hydrogen-bond donors (Lipinski definition) is 0. The van der Waals surface area contributed by atoms with Crippen LogP contribution in [0.2, 0.25) is 0 Å². The Kier molecular flexibility index (Phi) is 4.82. The van der Waals surface area contributed by atoms with Crippen molar-refractivity contribution in [2.45, 2.75) is 15.2 Å². The lowest BCUT2D eigenvalue weighted by atomic mass is 10.2. The highest BCUT2D eigenvalue weighted by Crippen LogP contribution is 2.49. The summed E-state index contributed by atoms with van der Waals surface area (Å²) in [5, 5.41) is 11.0. The lowest BCUT2D eigenvalue weighted by Crippen LogP contribution is -1.94. The van der Waals surface area contributed by atoms with Gasteiger partial charge in [-0.1, -0.05) is 0 Å². The fourth-order valence-electron chi connectivity index (χ4n) is 2.05. The standard InChI is InChI=1S/C14H13NO3S3/c16-15(17)10-3-4-13(21-9-11-2-1-5-18-11)12(8-10)14-19-6-7-20-14/h1-5,8,14H,6-7,9H2. The summed E-state index contributed by atoms with van der Waals surface area (Å²) in [5.41, 5.74) is 1.23. The van der Waals surface area contributed by atoms with Crippen LogP contribution in [0.15, 0.2) is 45.9 Å². The van der Waals surface area contributed by atoms with Gasteiger partial charge in [-0.2, -0.15) is 0 Å². The molecular weight excluding hydrogens is 326 g/mol. The summed E-state index contributed by atoms with van der Waals surface area (Å²) in [7, 11) is 0.